The maximum Gasteiger partial charge on any atom is 0.302 e. The highest BCUT2D eigenvalue weighted by molar-refractivity contribution is 7.80. The quantitative estimate of drug-likeness (QED) is 0.530. The van der Waals surface area contributed by atoms with Crippen molar-refractivity contribution in [3.63, 3.8) is 0 Å². The Balaban J connectivity index is 2.21. The molecule has 0 aliphatic heterocycles. The summed E-state index contributed by atoms with van der Waals surface area (Å²) in [5.41, 5.74) is 0. The molecule has 70 valence electrons. The Morgan fingerprint density at radius 2 is 2.00 bits per heavy atom. The number of rotatable bonds is 2. The molecule has 0 aromatic heterocycles. The Bertz CT molecular complexity index is 151. The summed E-state index contributed by atoms with van der Waals surface area (Å²) in [5, 5.41) is 0. The van der Waals surface area contributed by atoms with E-state index in [1.165, 1.54) is 6.92 Å². The smallest absolute Gasteiger partial charge is 0.302 e. The molecule has 1 fully saturated rings. The average Bonchev–Trinajstić information content (AvgIpc) is 2.05. The first-order valence-corrected chi connectivity index (χ1v) is 5.13. The SMILES string of the molecule is CC(=O)O[C@H]1CC[C@@H](CS)CC1. The predicted octanol–water partition coefficient (Wildman–Crippen LogP) is 2.04. The minimum absolute atomic E-state index is 0.149. The Morgan fingerprint density at radius 1 is 1.42 bits per heavy atom. The van der Waals surface area contributed by atoms with E-state index in [0.29, 0.717) is 0 Å². The fraction of sp³-hybridized carbons (Fsp3) is 0.889. The molecule has 3 heteroatoms. The van der Waals surface area contributed by atoms with Crippen molar-refractivity contribution >= 4 is 18.6 Å². The number of carbonyl (C=O) groups excluding carboxylic acids is 1. The van der Waals surface area contributed by atoms with Gasteiger partial charge in [0.1, 0.15) is 6.10 Å². The van der Waals surface area contributed by atoms with E-state index in [1.54, 1.807) is 0 Å². The molecule has 0 amide bonds. The lowest BCUT2D eigenvalue weighted by Gasteiger charge is -2.26. The van der Waals surface area contributed by atoms with Gasteiger partial charge in [-0.15, -0.1) is 0 Å². The third-order valence-corrected chi connectivity index (χ3v) is 2.90. The summed E-state index contributed by atoms with van der Waals surface area (Å²) in [6.45, 7) is 1.48. The van der Waals surface area contributed by atoms with E-state index in [-0.39, 0.29) is 12.1 Å². The second-order valence-electron chi connectivity index (χ2n) is 3.43. The standard InChI is InChI=1S/C9H16O2S/c1-7(10)11-9-4-2-8(6-12)3-5-9/h8-9,12H,2-6H2,1H3/t8-,9+. The highest BCUT2D eigenvalue weighted by Crippen LogP contribution is 2.26. The average molecular weight is 188 g/mol. The van der Waals surface area contributed by atoms with E-state index in [2.05, 4.69) is 12.6 Å². The van der Waals surface area contributed by atoms with Crippen molar-refractivity contribution in [1.29, 1.82) is 0 Å². The van der Waals surface area contributed by atoms with Crippen molar-refractivity contribution in [1.82, 2.24) is 0 Å². The van der Waals surface area contributed by atoms with Crippen LogP contribution in [0.2, 0.25) is 0 Å². The summed E-state index contributed by atoms with van der Waals surface area (Å²) < 4.78 is 5.12. The van der Waals surface area contributed by atoms with Crippen molar-refractivity contribution in [2.45, 2.75) is 38.7 Å². The van der Waals surface area contributed by atoms with E-state index < -0.39 is 0 Å². The van der Waals surface area contributed by atoms with Gasteiger partial charge in [-0.25, -0.2) is 0 Å². The Hall–Kier alpha value is -0.180. The maximum absolute atomic E-state index is 10.6. The van der Waals surface area contributed by atoms with Crippen LogP contribution < -0.4 is 0 Å². The van der Waals surface area contributed by atoms with Crippen LogP contribution in [-0.2, 0) is 9.53 Å². The largest absolute Gasteiger partial charge is 0.463 e. The molecular formula is C9H16O2S. The Labute approximate surface area is 79.1 Å². The van der Waals surface area contributed by atoms with Crippen molar-refractivity contribution in [3.05, 3.63) is 0 Å². The zero-order valence-electron chi connectivity index (χ0n) is 7.45. The third-order valence-electron chi connectivity index (χ3n) is 2.38. The molecule has 0 atom stereocenters. The fourth-order valence-corrected chi connectivity index (χ4v) is 2.03. The van der Waals surface area contributed by atoms with E-state index in [1.807, 2.05) is 0 Å². The van der Waals surface area contributed by atoms with E-state index in [9.17, 15) is 4.79 Å². The molecule has 0 spiro atoms. The summed E-state index contributed by atoms with van der Waals surface area (Å²) in [5.74, 6) is 1.55. The lowest BCUT2D eigenvalue weighted by molar-refractivity contribution is -0.148. The van der Waals surface area contributed by atoms with Crippen LogP contribution in [-0.4, -0.2) is 17.8 Å². The molecule has 0 saturated heterocycles. The van der Waals surface area contributed by atoms with Gasteiger partial charge in [0.05, 0.1) is 0 Å². The van der Waals surface area contributed by atoms with Gasteiger partial charge in [0.25, 0.3) is 0 Å². The van der Waals surface area contributed by atoms with Gasteiger partial charge in [0.2, 0.25) is 0 Å². The number of hydrogen-bond acceptors (Lipinski definition) is 3. The number of carbonyl (C=O) groups is 1. The molecule has 1 aliphatic rings. The highest BCUT2D eigenvalue weighted by atomic mass is 32.1. The van der Waals surface area contributed by atoms with Crippen LogP contribution in [0.5, 0.6) is 0 Å². The van der Waals surface area contributed by atoms with Gasteiger partial charge < -0.3 is 4.74 Å². The van der Waals surface area contributed by atoms with Crippen LogP contribution >= 0.6 is 12.6 Å². The van der Waals surface area contributed by atoms with E-state index in [0.717, 1.165) is 37.4 Å². The number of esters is 1. The molecule has 1 rings (SSSR count). The molecule has 1 saturated carbocycles. The number of hydrogen-bond donors (Lipinski definition) is 1. The van der Waals surface area contributed by atoms with Crippen molar-refractivity contribution in [3.8, 4) is 0 Å². The number of ether oxygens (including phenoxy) is 1. The maximum atomic E-state index is 10.6. The summed E-state index contributed by atoms with van der Waals surface area (Å²) in [4.78, 5) is 10.6. The van der Waals surface area contributed by atoms with Crippen LogP contribution in [0.25, 0.3) is 0 Å². The summed E-state index contributed by atoms with van der Waals surface area (Å²) in [6, 6.07) is 0. The molecule has 0 bridgehead atoms. The normalized spacial score (nSPS) is 29.8. The minimum atomic E-state index is -0.149. The van der Waals surface area contributed by atoms with Gasteiger partial charge in [-0.05, 0) is 37.4 Å². The van der Waals surface area contributed by atoms with Gasteiger partial charge in [-0.3, -0.25) is 4.79 Å². The molecular weight excluding hydrogens is 172 g/mol. The Kier molecular flexibility index (Phi) is 3.92. The first-order chi connectivity index (χ1) is 5.72. The molecule has 1 aliphatic carbocycles. The minimum Gasteiger partial charge on any atom is -0.463 e. The molecule has 0 aromatic carbocycles. The molecule has 0 N–H and O–H groups in total. The van der Waals surface area contributed by atoms with Crippen molar-refractivity contribution in [2.24, 2.45) is 5.92 Å². The second kappa shape index (κ2) is 4.75. The highest BCUT2D eigenvalue weighted by Gasteiger charge is 2.21. The van der Waals surface area contributed by atoms with Gasteiger partial charge in [0.15, 0.2) is 0 Å². The van der Waals surface area contributed by atoms with Crippen LogP contribution in [0.1, 0.15) is 32.6 Å². The van der Waals surface area contributed by atoms with Crippen LogP contribution in [0.3, 0.4) is 0 Å². The third kappa shape index (κ3) is 3.05. The molecule has 0 aromatic rings. The van der Waals surface area contributed by atoms with Crippen LogP contribution in [0.4, 0.5) is 0 Å². The van der Waals surface area contributed by atoms with Gasteiger partial charge >= 0.3 is 5.97 Å². The molecule has 0 heterocycles. The lowest BCUT2D eigenvalue weighted by Crippen LogP contribution is -2.23. The zero-order chi connectivity index (χ0) is 8.97. The summed E-state index contributed by atoms with van der Waals surface area (Å²) in [7, 11) is 0. The number of thiol groups is 1. The molecule has 0 unspecified atom stereocenters. The first kappa shape index (κ1) is 9.90. The topological polar surface area (TPSA) is 26.3 Å². The van der Waals surface area contributed by atoms with Crippen molar-refractivity contribution in [2.75, 3.05) is 5.75 Å². The molecule has 2 nitrogen and oxygen atoms in total. The predicted molar refractivity (Wildman–Crippen MR) is 51.4 cm³/mol. The zero-order valence-corrected chi connectivity index (χ0v) is 8.35. The summed E-state index contributed by atoms with van der Waals surface area (Å²) in [6.07, 6.45) is 4.53. The van der Waals surface area contributed by atoms with E-state index in [4.69, 9.17) is 4.74 Å². The van der Waals surface area contributed by atoms with Crippen LogP contribution in [0.15, 0.2) is 0 Å². The van der Waals surface area contributed by atoms with Gasteiger partial charge in [0, 0.05) is 6.92 Å². The lowest BCUT2D eigenvalue weighted by atomic mass is 9.89. The molecule has 0 radical (unpaired) electrons. The fourth-order valence-electron chi connectivity index (χ4n) is 1.67. The monoisotopic (exact) mass is 188 g/mol. The van der Waals surface area contributed by atoms with Gasteiger partial charge in [-0.1, -0.05) is 0 Å². The summed E-state index contributed by atoms with van der Waals surface area (Å²) >= 11 is 4.26. The van der Waals surface area contributed by atoms with Crippen molar-refractivity contribution < 1.29 is 9.53 Å². The molecule has 12 heavy (non-hydrogen) atoms. The second-order valence-corrected chi connectivity index (χ2v) is 3.80. The van der Waals surface area contributed by atoms with Crippen LogP contribution in [0, 0.1) is 5.92 Å². The van der Waals surface area contributed by atoms with E-state index >= 15 is 0 Å². The van der Waals surface area contributed by atoms with Gasteiger partial charge in [-0.2, -0.15) is 12.6 Å². The first-order valence-electron chi connectivity index (χ1n) is 4.50. The Morgan fingerprint density at radius 3 is 2.42 bits per heavy atom.